The minimum atomic E-state index is -5.25. The van der Waals surface area contributed by atoms with Crippen LogP contribution in [0.1, 0.15) is 41.8 Å². The van der Waals surface area contributed by atoms with Crippen molar-refractivity contribution in [3.05, 3.63) is 99.2 Å². The van der Waals surface area contributed by atoms with E-state index in [1.807, 2.05) is 0 Å². The van der Waals surface area contributed by atoms with Crippen LogP contribution in [-0.2, 0) is 23.1 Å². The Labute approximate surface area is 243 Å². The minimum absolute atomic E-state index is 0.0184. The Morgan fingerprint density at radius 2 is 1.77 bits per heavy atom. The van der Waals surface area contributed by atoms with E-state index in [2.05, 4.69) is 15.2 Å². The lowest BCUT2D eigenvalue weighted by Crippen LogP contribution is -2.45. The summed E-state index contributed by atoms with van der Waals surface area (Å²) in [5, 5.41) is 18.8. The lowest BCUT2D eigenvalue weighted by atomic mass is 9.94. The maximum Gasteiger partial charge on any atom is 0.426 e. The molecule has 2 aromatic heterocycles. The number of ether oxygens (including phenoxy) is 2. The molecule has 1 unspecified atom stereocenters. The number of pyridine rings is 1. The van der Waals surface area contributed by atoms with Gasteiger partial charge in [-0.15, -0.1) is 10.2 Å². The summed E-state index contributed by atoms with van der Waals surface area (Å²) in [7, 11) is 0. The van der Waals surface area contributed by atoms with Crippen molar-refractivity contribution in [1.29, 1.82) is 0 Å². The molecule has 0 fully saturated rings. The second kappa shape index (κ2) is 11.7. The molecule has 16 heteroatoms. The number of halogens is 7. The fourth-order valence-corrected chi connectivity index (χ4v) is 4.45. The summed E-state index contributed by atoms with van der Waals surface area (Å²) >= 11 is 0. The van der Waals surface area contributed by atoms with Crippen LogP contribution in [0.3, 0.4) is 0 Å². The van der Waals surface area contributed by atoms with Crippen LogP contribution in [0.5, 0.6) is 11.6 Å². The normalized spacial score (nSPS) is 18.0. The van der Waals surface area contributed by atoms with Crippen LogP contribution in [0.25, 0.3) is 17.7 Å². The van der Waals surface area contributed by atoms with E-state index in [4.69, 9.17) is 13.9 Å². The number of nitro groups is 1. The van der Waals surface area contributed by atoms with Crippen LogP contribution in [-0.4, -0.2) is 26.3 Å². The van der Waals surface area contributed by atoms with Crippen LogP contribution in [0.4, 0.5) is 36.4 Å². The van der Waals surface area contributed by atoms with Crippen LogP contribution < -0.4 is 4.74 Å². The van der Waals surface area contributed by atoms with Crippen LogP contribution in [0, 0.1) is 15.9 Å². The second-order valence-electron chi connectivity index (χ2n) is 9.59. The highest BCUT2D eigenvalue weighted by molar-refractivity contribution is 5.65. The lowest BCUT2D eigenvalue weighted by Gasteiger charge is -2.32. The highest BCUT2D eigenvalue weighted by Crippen LogP contribution is 2.48. The zero-order valence-electron chi connectivity index (χ0n) is 22.2. The summed E-state index contributed by atoms with van der Waals surface area (Å²) in [6.07, 6.45) is -8.56. The van der Waals surface area contributed by atoms with Gasteiger partial charge in [0.05, 0.1) is 11.5 Å². The fourth-order valence-electron chi connectivity index (χ4n) is 4.45. The Kier molecular flexibility index (Phi) is 8.11. The highest BCUT2D eigenvalue weighted by atomic mass is 19.4. The van der Waals surface area contributed by atoms with E-state index in [1.165, 1.54) is 24.3 Å². The molecule has 1 aliphatic rings. The molecule has 0 spiro atoms. The summed E-state index contributed by atoms with van der Waals surface area (Å²) in [5.41, 5.74) is -6.79. The van der Waals surface area contributed by atoms with Gasteiger partial charge in [0.15, 0.2) is 0 Å². The van der Waals surface area contributed by atoms with E-state index < -0.39 is 82.1 Å². The molecule has 9 nitrogen and oxygen atoms in total. The number of rotatable bonds is 4. The molecule has 6 bridgehead atoms. The van der Waals surface area contributed by atoms with Crippen molar-refractivity contribution in [2.75, 3.05) is 0 Å². The lowest BCUT2D eigenvalue weighted by molar-refractivity contribution is -0.384. The molecule has 4 aromatic rings. The third-order valence-corrected chi connectivity index (χ3v) is 6.55. The van der Waals surface area contributed by atoms with Crippen molar-refractivity contribution in [1.82, 2.24) is 15.2 Å². The Morgan fingerprint density at radius 3 is 2.45 bits per heavy atom. The third kappa shape index (κ3) is 6.24. The Bertz CT molecular complexity index is 1710. The predicted molar refractivity (Wildman–Crippen MR) is 138 cm³/mol. The van der Waals surface area contributed by atoms with Gasteiger partial charge in [-0.05, 0) is 42.5 Å². The summed E-state index contributed by atoms with van der Waals surface area (Å²) in [6, 6.07) is 10.9. The van der Waals surface area contributed by atoms with Gasteiger partial charge >= 0.3 is 18.0 Å². The molecule has 0 radical (unpaired) electrons. The van der Waals surface area contributed by atoms with E-state index in [-0.39, 0.29) is 24.5 Å². The average Bonchev–Trinajstić information content (AvgIpc) is 3.43. The van der Waals surface area contributed by atoms with Crippen LogP contribution >= 0.6 is 0 Å². The van der Waals surface area contributed by atoms with Crippen molar-refractivity contribution in [3.8, 4) is 23.2 Å². The number of nitrogens with zero attached hydrogens (tertiary/aromatic N) is 4. The molecule has 3 heterocycles. The van der Waals surface area contributed by atoms with Crippen molar-refractivity contribution in [3.63, 3.8) is 0 Å². The minimum Gasteiger partial charge on any atom is -0.438 e. The number of hydrogen-bond donors (Lipinski definition) is 0. The number of hydrogen-bond acceptors (Lipinski definition) is 8. The van der Waals surface area contributed by atoms with E-state index in [9.17, 15) is 40.8 Å². The predicted octanol–water partition coefficient (Wildman–Crippen LogP) is 8.16. The van der Waals surface area contributed by atoms with Gasteiger partial charge in [-0.3, -0.25) is 10.1 Å². The van der Waals surface area contributed by atoms with Gasteiger partial charge in [-0.2, -0.15) is 26.3 Å². The molecule has 0 amide bonds. The van der Waals surface area contributed by atoms with Crippen molar-refractivity contribution < 1.29 is 49.5 Å². The summed E-state index contributed by atoms with van der Waals surface area (Å²) in [4.78, 5) is 14.1. The zero-order valence-corrected chi connectivity index (χ0v) is 22.2. The van der Waals surface area contributed by atoms with Crippen molar-refractivity contribution in [2.24, 2.45) is 0 Å². The summed E-state index contributed by atoms with van der Waals surface area (Å²) in [5.74, 6) is -4.77. The number of benzene rings is 2. The first-order chi connectivity index (χ1) is 20.8. The molecule has 1 aliphatic heterocycles. The molecule has 2 aromatic carbocycles. The van der Waals surface area contributed by atoms with Crippen molar-refractivity contribution in [2.45, 2.75) is 43.8 Å². The van der Waals surface area contributed by atoms with Gasteiger partial charge in [0.25, 0.3) is 11.8 Å². The van der Waals surface area contributed by atoms with Gasteiger partial charge in [0.1, 0.15) is 17.1 Å². The fraction of sp³-hybridized carbons (Fsp3) is 0.250. The first-order valence-corrected chi connectivity index (χ1v) is 12.8. The maximum atomic E-state index is 14.9. The standard InChI is InChI=1S/C28H19F7N4O5/c29-18-11-17-9-5-2-6-10-26(28(33,34)35,42-15-16-7-3-1-4-8-16)25-38-37-24(44-25)22-21(39(40)41)14-20(27(30,31)32)23(36-22)43-19(12-17)13-18/h1,3-5,7-9,11-14H,2,6,10,15H2/b9-5+. The number of allylic oxidation sites excluding steroid dienone is 1. The first kappa shape index (κ1) is 30.6. The van der Waals surface area contributed by atoms with Gasteiger partial charge < -0.3 is 13.9 Å². The zero-order chi connectivity index (χ0) is 31.7. The molecule has 0 saturated carbocycles. The van der Waals surface area contributed by atoms with E-state index in [0.717, 1.165) is 18.2 Å². The summed E-state index contributed by atoms with van der Waals surface area (Å²) in [6.45, 7) is -0.559. The topological polar surface area (TPSA) is 113 Å². The third-order valence-electron chi connectivity index (χ3n) is 6.55. The Balaban J connectivity index is 1.73. The number of fused-ring (bicyclic) bond motifs is 7. The number of aromatic nitrogens is 3. The number of alkyl halides is 6. The Morgan fingerprint density at radius 1 is 1.02 bits per heavy atom. The smallest absolute Gasteiger partial charge is 0.426 e. The van der Waals surface area contributed by atoms with Crippen molar-refractivity contribution >= 4 is 11.8 Å². The van der Waals surface area contributed by atoms with E-state index in [0.29, 0.717) is 5.56 Å². The van der Waals surface area contributed by atoms with E-state index >= 15 is 0 Å². The first-order valence-electron chi connectivity index (χ1n) is 12.8. The quantitative estimate of drug-likeness (QED) is 0.127. The largest absolute Gasteiger partial charge is 0.438 e. The molecule has 0 saturated heterocycles. The molecule has 0 N–H and O–H groups in total. The van der Waals surface area contributed by atoms with E-state index in [1.54, 1.807) is 18.2 Å². The maximum absolute atomic E-state index is 14.9. The highest BCUT2D eigenvalue weighted by Gasteiger charge is 2.61. The molecule has 44 heavy (non-hydrogen) atoms. The summed E-state index contributed by atoms with van der Waals surface area (Å²) < 4.78 is 117. The monoisotopic (exact) mass is 624 g/mol. The molecule has 1 atom stereocenters. The Hall–Kier alpha value is -4.86. The average molecular weight is 624 g/mol. The second-order valence-corrected chi connectivity index (χ2v) is 9.59. The molecule has 230 valence electrons. The molecule has 0 aliphatic carbocycles. The molecule has 5 rings (SSSR count). The molecular weight excluding hydrogens is 605 g/mol. The van der Waals surface area contributed by atoms with Gasteiger partial charge in [-0.25, -0.2) is 9.37 Å². The van der Waals surface area contributed by atoms with Crippen LogP contribution in [0.15, 0.2) is 65.1 Å². The van der Waals surface area contributed by atoms with Gasteiger partial charge in [0.2, 0.25) is 17.2 Å². The van der Waals surface area contributed by atoms with Crippen LogP contribution in [0.2, 0.25) is 0 Å². The van der Waals surface area contributed by atoms with Gasteiger partial charge in [0, 0.05) is 12.1 Å². The van der Waals surface area contributed by atoms with Gasteiger partial charge in [-0.1, -0.05) is 42.5 Å². The SMILES string of the molecule is O=[N+]([O-])c1cc(C(F)(F)F)c2nc1-c1nnc(o1)C(OCc1ccccc1)(C(F)(F)F)CCC/C=C/c1cc(F)cc(c1)O2. The molecular formula is C28H19F7N4O5.